The maximum atomic E-state index is 12.6. The molecule has 1 aromatic heterocycles. The Bertz CT molecular complexity index is 583. The number of carbonyl (C=O) groups excluding carboxylic acids is 1. The summed E-state index contributed by atoms with van der Waals surface area (Å²) in [6, 6.07) is 0.0795. The lowest BCUT2D eigenvalue weighted by atomic mass is 9.58. The summed E-state index contributed by atoms with van der Waals surface area (Å²) < 4.78 is 5.56. The minimum atomic E-state index is -1.16. The Labute approximate surface area is 135 Å². The summed E-state index contributed by atoms with van der Waals surface area (Å²) in [7, 11) is 3.46. The fourth-order valence-electron chi connectivity index (χ4n) is 3.65. The van der Waals surface area contributed by atoms with Crippen LogP contribution in [0.2, 0.25) is 0 Å². The highest BCUT2D eigenvalue weighted by molar-refractivity contribution is 5.93. The van der Waals surface area contributed by atoms with Gasteiger partial charge in [0.05, 0.1) is 18.5 Å². The van der Waals surface area contributed by atoms with E-state index < -0.39 is 5.97 Å². The van der Waals surface area contributed by atoms with Gasteiger partial charge in [0.2, 0.25) is 0 Å². The van der Waals surface area contributed by atoms with Crippen molar-refractivity contribution in [2.75, 3.05) is 14.2 Å². The third-order valence-electron chi connectivity index (χ3n) is 5.22. The van der Waals surface area contributed by atoms with Gasteiger partial charge in [0.25, 0.3) is 5.91 Å². The molecule has 23 heavy (non-hydrogen) atoms. The smallest absolute Gasteiger partial charge is 0.356 e. The van der Waals surface area contributed by atoms with E-state index >= 15 is 0 Å². The number of aromatic carboxylic acids is 1. The van der Waals surface area contributed by atoms with Gasteiger partial charge in [0, 0.05) is 25.6 Å². The topological polar surface area (TPSA) is 92.6 Å². The molecule has 0 aromatic carbocycles. The van der Waals surface area contributed by atoms with Crippen LogP contribution in [0.4, 0.5) is 0 Å². The minimum absolute atomic E-state index is 0.0480. The average molecular weight is 321 g/mol. The zero-order valence-corrected chi connectivity index (χ0v) is 13.9. The predicted octanol–water partition coefficient (Wildman–Crippen LogP) is 1.84. The van der Waals surface area contributed by atoms with Crippen LogP contribution in [0.15, 0.2) is 12.4 Å². The van der Waals surface area contributed by atoms with E-state index in [1.165, 1.54) is 6.20 Å². The molecule has 0 spiro atoms. The molecule has 1 aliphatic carbocycles. The lowest BCUT2D eigenvalue weighted by Crippen LogP contribution is -2.64. The number of nitrogens with zero attached hydrogens (tertiary/aromatic N) is 3. The molecular formula is C16H23N3O4. The largest absolute Gasteiger partial charge is 0.476 e. The molecule has 126 valence electrons. The van der Waals surface area contributed by atoms with Crippen LogP contribution in [0.1, 0.15) is 54.1 Å². The second-order valence-electron chi connectivity index (χ2n) is 5.92. The normalized spacial score (nSPS) is 22.3. The van der Waals surface area contributed by atoms with Crippen LogP contribution in [0, 0.1) is 5.41 Å². The van der Waals surface area contributed by atoms with E-state index in [1.807, 2.05) is 0 Å². The van der Waals surface area contributed by atoms with Crippen molar-refractivity contribution in [2.45, 2.75) is 45.3 Å². The fraction of sp³-hybridized carbons (Fsp3) is 0.625. The van der Waals surface area contributed by atoms with Crippen LogP contribution in [0.5, 0.6) is 0 Å². The Morgan fingerprint density at radius 3 is 2.30 bits per heavy atom. The fourth-order valence-corrected chi connectivity index (χ4v) is 3.65. The summed E-state index contributed by atoms with van der Waals surface area (Å²) in [5.41, 5.74) is -0.0728. The van der Waals surface area contributed by atoms with Gasteiger partial charge in [-0.05, 0) is 19.3 Å². The molecule has 7 nitrogen and oxygen atoms in total. The van der Waals surface area contributed by atoms with Gasteiger partial charge in [-0.1, -0.05) is 13.8 Å². The Hall–Kier alpha value is -2.02. The Kier molecular flexibility index (Phi) is 4.99. The molecule has 0 bridgehead atoms. The number of hydrogen-bond donors (Lipinski definition) is 1. The molecule has 2 atom stereocenters. The maximum absolute atomic E-state index is 12.6. The van der Waals surface area contributed by atoms with Gasteiger partial charge in [-0.3, -0.25) is 4.79 Å². The molecule has 0 saturated heterocycles. The number of aromatic nitrogens is 2. The molecule has 1 saturated carbocycles. The van der Waals surface area contributed by atoms with Gasteiger partial charge in [-0.15, -0.1) is 0 Å². The third-order valence-corrected chi connectivity index (χ3v) is 5.22. The molecule has 0 aliphatic heterocycles. The van der Waals surface area contributed by atoms with Crippen molar-refractivity contribution < 1.29 is 19.4 Å². The summed E-state index contributed by atoms with van der Waals surface area (Å²) in [5, 5.41) is 8.84. The van der Waals surface area contributed by atoms with Crippen molar-refractivity contribution in [2.24, 2.45) is 5.41 Å². The number of carbonyl (C=O) groups is 2. The Morgan fingerprint density at radius 2 is 1.87 bits per heavy atom. The molecule has 2 unspecified atom stereocenters. The third kappa shape index (κ3) is 2.81. The first-order valence-electron chi connectivity index (χ1n) is 7.76. The molecule has 0 radical (unpaired) electrons. The summed E-state index contributed by atoms with van der Waals surface area (Å²) in [5.74, 6) is -1.41. The molecule has 7 heteroatoms. The highest BCUT2D eigenvalue weighted by atomic mass is 16.5. The quantitative estimate of drug-likeness (QED) is 0.859. The SMILES string of the molecule is CCC1(CC)C(OC)CC1N(C)C(=O)c1cnc(C(=O)O)cn1. The summed E-state index contributed by atoms with van der Waals surface area (Å²) >= 11 is 0. The van der Waals surface area contributed by atoms with Crippen LogP contribution in [0.25, 0.3) is 0 Å². The molecular weight excluding hydrogens is 298 g/mol. The van der Waals surface area contributed by atoms with E-state index in [4.69, 9.17) is 9.84 Å². The van der Waals surface area contributed by atoms with E-state index in [0.29, 0.717) is 0 Å². The molecule has 1 amide bonds. The summed E-state index contributed by atoms with van der Waals surface area (Å²) in [4.78, 5) is 32.8. The number of ether oxygens (including phenoxy) is 1. The monoisotopic (exact) mass is 321 g/mol. The first-order chi connectivity index (χ1) is 10.9. The lowest BCUT2D eigenvalue weighted by Gasteiger charge is -2.57. The van der Waals surface area contributed by atoms with Gasteiger partial charge < -0.3 is 14.7 Å². The van der Waals surface area contributed by atoms with E-state index in [1.54, 1.807) is 19.1 Å². The van der Waals surface area contributed by atoms with Crippen LogP contribution in [0.3, 0.4) is 0 Å². The first kappa shape index (κ1) is 17.3. The van der Waals surface area contributed by atoms with Gasteiger partial charge in [-0.25, -0.2) is 14.8 Å². The standard InChI is InChI=1S/C16H23N3O4/c1-5-16(6-2)12(7-13(16)23-4)19(3)14(20)10-8-18-11(9-17-10)15(21)22/h8-9,12-13H,5-7H2,1-4H3,(H,21,22). The second kappa shape index (κ2) is 6.62. The number of methoxy groups -OCH3 is 1. The molecule has 1 aromatic rings. The van der Waals surface area contributed by atoms with Crippen molar-refractivity contribution >= 4 is 11.9 Å². The van der Waals surface area contributed by atoms with E-state index in [-0.39, 0.29) is 34.9 Å². The maximum Gasteiger partial charge on any atom is 0.356 e. The van der Waals surface area contributed by atoms with Crippen LogP contribution >= 0.6 is 0 Å². The van der Waals surface area contributed by atoms with Gasteiger partial charge in [-0.2, -0.15) is 0 Å². The number of amides is 1. The highest BCUT2D eigenvalue weighted by Crippen LogP contribution is 2.51. The van der Waals surface area contributed by atoms with Crippen molar-refractivity contribution in [3.05, 3.63) is 23.8 Å². The van der Waals surface area contributed by atoms with Gasteiger partial charge in [0.1, 0.15) is 5.69 Å². The van der Waals surface area contributed by atoms with Crippen molar-refractivity contribution in [1.82, 2.24) is 14.9 Å². The molecule has 1 N–H and O–H groups in total. The molecule has 1 aliphatic rings. The Morgan fingerprint density at radius 1 is 1.30 bits per heavy atom. The van der Waals surface area contributed by atoms with E-state index in [2.05, 4.69) is 23.8 Å². The van der Waals surface area contributed by atoms with Crippen LogP contribution in [-0.2, 0) is 4.74 Å². The van der Waals surface area contributed by atoms with Crippen molar-refractivity contribution in [1.29, 1.82) is 0 Å². The lowest BCUT2D eigenvalue weighted by molar-refractivity contribution is -0.147. The molecule has 1 heterocycles. The van der Waals surface area contributed by atoms with E-state index in [9.17, 15) is 9.59 Å². The number of rotatable bonds is 6. The van der Waals surface area contributed by atoms with E-state index in [0.717, 1.165) is 25.5 Å². The second-order valence-corrected chi connectivity index (χ2v) is 5.92. The van der Waals surface area contributed by atoms with Gasteiger partial charge >= 0.3 is 5.97 Å². The predicted molar refractivity (Wildman–Crippen MR) is 83.3 cm³/mol. The van der Waals surface area contributed by atoms with Crippen molar-refractivity contribution in [3.8, 4) is 0 Å². The number of carboxylic acid groups (broad SMARTS) is 1. The first-order valence-corrected chi connectivity index (χ1v) is 7.76. The average Bonchev–Trinajstić information content (AvgIpc) is 2.55. The summed E-state index contributed by atoms with van der Waals surface area (Å²) in [6.45, 7) is 4.23. The van der Waals surface area contributed by atoms with Gasteiger partial charge in [0.15, 0.2) is 5.69 Å². The summed E-state index contributed by atoms with van der Waals surface area (Å²) in [6.07, 6.45) is 5.12. The highest BCUT2D eigenvalue weighted by Gasteiger charge is 2.55. The molecule has 1 fully saturated rings. The van der Waals surface area contributed by atoms with Crippen molar-refractivity contribution in [3.63, 3.8) is 0 Å². The van der Waals surface area contributed by atoms with Crippen LogP contribution in [-0.4, -0.2) is 58.2 Å². The minimum Gasteiger partial charge on any atom is -0.476 e. The zero-order valence-electron chi connectivity index (χ0n) is 13.9. The van der Waals surface area contributed by atoms with Crippen LogP contribution < -0.4 is 0 Å². The zero-order chi connectivity index (χ0) is 17.2. The molecule has 2 rings (SSSR count). The Balaban J connectivity index is 2.18. The number of hydrogen-bond acceptors (Lipinski definition) is 5. The number of carboxylic acids is 1.